The van der Waals surface area contributed by atoms with Gasteiger partial charge in [0.05, 0.1) is 18.1 Å². The maximum Gasteiger partial charge on any atom is 0.387 e. The van der Waals surface area contributed by atoms with Crippen LogP contribution in [0.25, 0.3) is 0 Å². The van der Waals surface area contributed by atoms with E-state index in [0.717, 1.165) is 11.8 Å². The molecule has 0 aromatic heterocycles. The molecule has 0 bridgehead atoms. The highest BCUT2D eigenvalue weighted by molar-refractivity contribution is 8.14. The van der Waals surface area contributed by atoms with Crippen molar-refractivity contribution in [3.63, 3.8) is 0 Å². The molecular formula is C13H14F2N2O3S. The van der Waals surface area contributed by atoms with Gasteiger partial charge in [-0.15, -0.1) is 0 Å². The first-order valence-corrected chi connectivity index (χ1v) is 7.10. The third-order valence-electron chi connectivity index (χ3n) is 2.87. The number of halogens is 2. The highest BCUT2D eigenvalue weighted by Crippen LogP contribution is 2.32. The van der Waals surface area contributed by atoms with Crippen molar-refractivity contribution in [1.82, 2.24) is 5.43 Å². The molecule has 1 aromatic carbocycles. The van der Waals surface area contributed by atoms with Gasteiger partial charge < -0.3 is 9.47 Å². The fraction of sp³-hybridized carbons (Fsp3) is 0.385. The van der Waals surface area contributed by atoms with Crippen LogP contribution in [0.5, 0.6) is 11.5 Å². The van der Waals surface area contributed by atoms with Crippen molar-refractivity contribution >= 4 is 22.7 Å². The molecule has 1 N–H and O–H groups in total. The predicted octanol–water partition coefficient (Wildman–Crippen LogP) is 3.24. The summed E-state index contributed by atoms with van der Waals surface area (Å²) in [6, 6.07) is 4.58. The van der Waals surface area contributed by atoms with Gasteiger partial charge >= 0.3 is 6.61 Å². The minimum absolute atomic E-state index is 0.0441. The molecule has 1 aliphatic heterocycles. The SMILES string of the molecule is CCC1SC(=O)NN=C1c1ccc(OC(F)F)c(OC)c1. The quantitative estimate of drug-likeness (QED) is 0.906. The van der Waals surface area contributed by atoms with Crippen molar-refractivity contribution in [2.45, 2.75) is 25.2 Å². The zero-order valence-corrected chi connectivity index (χ0v) is 12.2. The maximum atomic E-state index is 12.3. The summed E-state index contributed by atoms with van der Waals surface area (Å²) in [5, 5.41) is 3.75. The van der Waals surface area contributed by atoms with E-state index in [9.17, 15) is 13.6 Å². The van der Waals surface area contributed by atoms with Crippen LogP contribution in [-0.2, 0) is 0 Å². The first-order valence-electron chi connectivity index (χ1n) is 6.22. The van der Waals surface area contributed by atoms with Crippen molar-refractivity contribution in [3.8, 4) is 11.5 Å². The molecular weight excluding hydrogens is 302 g/mol. The Kier molecular flexibility index (Phi) is 5.00. The molecule has 0 fully saturated rings. The van der Waals surface area contributed by atoms with Crippen LogP contribution in [0.4, 0.5) is 13.6 Å². The molecule has 1 unspecified atom stereocenters. The number of nitrogens with zero attached hydrogens (tertiary/aromatic N) is 1. The molecule has 0 spiro atoms. The highest BCUT2D eigenvalue weighted by Gasteiger charge is 2.25. The van der Waals surface area contributed by atoms with Crippen molar-refractivity contribution in [2.75, 3.05) is 7.11 Å². The van der Waals surface area contributed by atoms with Gasteiger partial charge in [0.1, 0.15) is 0 Å². The molecule has 5 nitrogen and oxygen atoms in total. The van der Waals surface area contributed by atoms with Gasteiger partial charge in [-0.25, -0.2) is 5.43 Å². The van der Waals surface area contributed by atoms with Gasteiger partial charge in [-0.05, 0) is 24.6 Å². The molecule has 0 saturated carbocycles. The van der Waals surface area contributed by atoms with Crippen molar-refractivity contribution < 1.29 is 23.0 Å². The van der Waals surface area contributed by atoms with Gasteiger partial charge in [0.15, 0.2) is 11.5 Å². The van der Waals surface area contributed by atoms with Crippen LogP contribution in [0.3, 0.4) is 0 Å². The molecule has 2 rings (SSSR count). The standard InChI is InChI=1S/C13H14F2N2O3S/c1-3-10-11(16-17-13(18)21-10)7-4-5-8(20-12(14)15)9(6-7)19-2/h4-6,10,12H,3H2,1-2H3,(H,17,18). The van der Waals surface area contributed by atoms with Gasteiger partial charge in [0.25, 0.3) is 5.24 Å². The number of hydrogen-bond donors (Lipinski definition) is 1. The van der Waals surface area contributed by atoms with E-state index in [0.29, 0.717) is 17.7 Å². The summed E-state index contributed by atoms with van der Waals surface area (Å²) >= 11 is 1.14. The molecule has 21 heavy (non-hydrogen) atoms. The van der Waals surface area contributed by atoms with E-state index in [1.165, 1.54) is 13.2 Å². The van der Waals surface area contributed by atoms with E-state index in [4.69, 9.17) is 4.74 Å². The number of hydrogen-bond acceptors (Lipinski definition) is 5. The lowest BCUT2D eigenvalue weighted by molar-refractivity contribution is -0.0512. The number of hydrazone groups is 1. The summed E-state index contributed by atoms with van der Waals surface area (Å²) < 4.78 is 34.0. The van der Waals surface area contributed by atoms with E-state index >= 15 is 0 Å². The normalized spacial score (nSPS) is 18.2. The smallest absolute Gasteiger partial charge is 0.387 e. The Labute approximate surface area is 124 Å². The molecule has 1 aliphatic rings. The van der Waals surface area contributed by atoms with Crippen LogP contribution in [0.1, 0.15) is 18.9 Å². The number of nitrogens with one attached hydrogen (secondary N) is 1. The topological polar surface area (TPSA) is 59.9 Å². The van der Waals surface area contributed by atoms with Crippen LogP contribution >= 0.6 is 11.8 Å². The van der Waals surface area contributed by atoms with Gasteiger partial charge in [-0.2, -0.15) is 13.9 Å². The van der Waals surface area contributed by atoms with Crippen LogP contribution in [0, 0.1) is 0 Å². The van der Waals surface area contributed by atoms with E-state index in [1.54, 1.807) is 12.1 Å². The molecule has 1 aromatic rings. The second-order valence-electron chi connectivity index (χ2n) is 4.16. The maximum absolute atomic E-state index is 12.3. The monoisotopic (exact) mass is 316 g/mol. The predicted molar refractivity (Wildman–Crippen MR) is 76.4 cm³/mol. The minimum Gasteiger partial charge on any atom is -0.493 e. The summed E-state index contributed by atoms with van der Waals surface area (Å²) in [6.45, 7) is -0.980. The Hall–Kier alpha value is -1.83. The molecule has 1 atom stereocenters. The number of methoxy groups -OCH3 is 1. The Morgan fingerprint density at radius 1 is 1.43 bits per heavy atom. The Bertz CT molecular complexity index is 566. The first kappa shape index (κ1) is 15.6. The number of thioether (sulfide) groups is 1. The second-order valence-corrected chi connectivity index (χ2v) is 5.33. The molecule has 0 radical (unpaired) electrons. The highest BCUT2D eigenvalue weighted by atomic mass is 32.2. The average molecular weight is 316 g/mol. The van der Waals surface area contributed by atoms with Gasteiger partial charge in [0, 0.05) is 5.56 Å². The van der Waals surface area contributed by atoms with Gasteiger partial charge in [0.2, 0.25) is 0 Å². The molecule has 0 saturated heterocycles. The van der Waals surface area contributed by atoms with Crippen LogP contribution in [0.2, 0.25) is 0 Å². The number of ether oxygens (including phenoxy) is 2. The third kappa shape index (κ3) is 3.63. The summed E-state index contributed by atoms with van der Waals surface area (Å²) in [5.74, 6) is 0.143. The number of benzene rings is 1. The van der Waals surface area contributed by atoms with Gasteiger partial charge in [-0.1, -0.05) is 18.7 Å². The van der Waals surface area contributed by atoms with Gasteiger partial charge in [-0.3, -0.25) is 4.79 Å². The number of carbonyl (C=O) groups is 1. The van der Waals surface area contributed by atoms with Crippen molar-refractivity contribution in [1.29, 1.82) is 0 Å². The summed E-state index contributed by atoms with van der Waals surface area (Å²) in [4.78, 5) is 11.3. The third-order valence-corrected chi connectivity index (χ3v) is 4.01. The van der Waals surface area contributed by atoms with Crippen molar-refractivity contribution in [2.24, 2.45) is 5.10 Å². The first-order chi connectivity index (χ1) is 10.0. The molecule has 114 valence electrons. The molecule has 1 amide bonds. The fourth-order valence-corrected chi connectivity index (χ4v) is 2.76. The lowest BCUT2D eigenvalue weighted by atomic mass is 10.0. The Morgan fingerprint density at radius 3 is 2.81 bits per heavy atom. The summed E-state index contributed by atoms with van der Waals surface area (Å²) in [6.07, 6.45) is 0.717. The Balaban J connectivity index is 2.34. The minimum atomic E-state index is -2.92. The largest absolute Gasteiger partial charge is 0.493 e. The zero-order chi connectivity index (χ0) is 15.4. The van der Waals surface area contributed by atoms with E-state index in [1.807, 2.05) is 6.92 Å². The van der Waals surface area contributed by atoms with E-state index in [2.05, 4.69) is 15.3 Å². The van der Waals surface area contributed by atoms with Crippen LogP contribution < -0.4 is 14.9 Å². The lowest BCUT2D eigenvalue weighted by Crippen LogP contribution is -2.31. The van der Waals surface area contributed by atoms with E-state index < -0.39 is 6.61 Å². The number of alkyl halides is 2. The summed E-state index contributed by atoms with van der Waals surface area (Å²) in [5.41, 5.74) is 3.76. The number of amides is 1. The molecule has 0 aliphatic carbocycles. The number of rotatable bonds is 5. The zero-order valence-electron chi connectivity index (χ0n) is 11.4. The van der Waals surface area contributed by atoms with E-state index in [-0.39, 0.29) is 22.0 Å². The average Bonchev–Trinajstić information content (AvgIpc) is 2.47. The number of carbonyl (C=O) groups excluding carboxylic acids is 1. The fourth-order valence-electron chi connectivity index (χ4n) is 1.94. The van der Waals surface area contributed by atoms with Crippen LogP contribution in [-0.4, -0.2) is 29.9 Å². The molecule has 1 heterocycles. The lowest BCUT2D eigenvalue weighted by Gasteiger charge is -2.21. The molecule has 8 heteroatoms. The second kappa shape index (κ2) is 6.75. The summed E-state index contributed by atoms with van der Waals surface area (Å²) in [7, 11) is 1.37. The van der Waals surface area contributed by atoms with Crippen LogP contribution in [0.15, 0.2) is 23.3 Å². The Morgan fingerprint density at radius 2 is 2.19 bits per heavy atom. The van der Waals surface area contributed by atoms with Crippen molar-refractivity contribution in [3.05, 3.63) is 23.8 Å².